The molecule has 1 atom stereocenters. The molecule has 1 amide bonds. The van der Waals surface area contributed by atoms with Crippen LogP contribution in [0.1, 0.15) is 44.6 Å². The van der Waals surface area contributed by atoms with Crippen molar-refractivity contribution < 1.29 is 14.3 Å². The predicted octanol–water partition coefficient (Wildman–Crippen LogP) is 2.57. The third-order valence-corrected chi connectivity index (χ3v) is 4.22. The zero-order chi connectivity index (χ0) is 16.6. The summed E-state index contributed by atoms with van der Waals surface area (Å²) < 4.78 is 5.81. The molecule has 0 fully saturated rings. The van der Waals surface area contributed by atoms with Gasteiger partial charge in [-0.2, -0.15) is 0 Å². The summed E-state index contributed by atoms with van der Waals surface area (Å²) in [6.07, 6.45) is 0.734. The number of carbonyl (C=O) groups is 2. The zero-order valence-corrected chi connectivity index (χ0v) is 13.5. The number of para-hydroxylation sites is 1. The number of ketones is 1. The Morgan fingerprint density at radius 2 is 2.04 bits per heavy atom. The molecule has 1 aromatic carbocycles. The average Bonchev–Trinajstić information content (AvgIpc) is 3.05. The van der Waals surface area contributed by atoms with E-state index in [-0.39, 0.29) is 17.8 Å². The van der Waals surface area contributed by atoms with Crippen LogP contribution >= 0.6 is 0 Å². The molecule has 5 heteroatoms. The molecule has 2 N–H and O–H groups in total. The molecule has 23 heavy (non-hydrogen) atoms. The number of aromatic amines is 1. The van der Waals surface area contributed by atoms with Crippen LogP contribution in [-0.2, 0) is 6.42 Å². The van der Waals surface area contributed by atoms with Gasteiger partial charge in [0.25, 0.3) is 5.91 Å². The SMILES string of the molecule is CC(=O)c1c(C)[nH]c(C(=O)NCC2Cc3ccccc3O2)c1C. The molecule has 3 rings (SSSR count). The van der Waals surface area contributed by atoms with Crippen molar-refractivity contribution in [3.05, 3.63) is 52.3 Å². The van der Waals surface area contributed by atoms with Crippen molar-refractivity contribution in [2.75, 3.05) is 6.54 Å². The van der Waals surface area contributed by atoms with Crippen LogP contribution in [0.25, 0.3) is 0 Å². The van der Waals surface area contributed by atoms with E-state index in [4.69, 9.17) is 4.74 Å². The van der Waals surface area contributed by atoms with Crippen LogP contribution in [0.15, 0.2) is 24.3 Å². The minimum atomic E-state index is -0.211. The third kappa shape index (κ3) is 2.86. The van der Waals surface area contributed by atoms with Crippen LogP contribution in [0.5, 0.6) is 5.75 Å². The highest BCUT2D eigenvalue weighted by molar-refractivity contribution is 6.02. The van der Waals surface area contributed by atoms with Gasteiger partial charge in [0, 0.05) is 17.7 Å². The van der Waals surface area contributed by atoms with Crippen LogP contribution in [0.3, 0.4) is 0 Å². The molecule has 1 aliphatic heterocycles. The van der Waals surface area contributed by atoms with Crippen LogP contribution < -0.4 is 10.1 Å². The van der Waals surface area contributed by atoms with E-state index in [1.165, 1.54) is 6.92 Å². The van der Waals surface area contributed by atoms with E-state index >= 15 is 0 Å². The number of ether oxygens (including phenoxy) is 1. The molecule has 0 radical (unpaired) electrons. The van der Waals surface area contributed by atoms with E-state index in [0.717, 1.165) is 23.4 Å². The smallest absolute Gasteiger partial charge is 0.268 e. The minimum absolute atomic E-state index is 0.0372. The second-order valence-corrected chi connectivity index (χ2v) is 5.94. The number of nitrogens with one attached hydrogen (secondary N) is 2. The molecule has 1 aromatic heterocycles. The molecule has 0 saturated carbocycles. The number of hydrogen-bond donors (Lipinski definition) is 2. The lowest BCUT2D eigenvalue weighted by Gasteiger charge is -2.11. The molecule has 1 unspecified atom stereocenters. The minimum Gasteiger partial charge on any atom is -0.488 e. The first-order chi connectivity index (χ1) is 11.0. The fourth-order valence-corrected chi connectivity index (χ4v) is 3.17. The highest BCUT2D eigenvalue weighted by atomic mass is 16.5. The topological polar surface area (TPSA) is 71.2 Å². The second kappa shape index (κ2) is 5.91. The Kier molecular flexibility index (Phi) is 3.94. The van der Waals surface area contributed by atoms with Gasteiger partial charge in [-0.1, -0.05) is 18.2 Å². The van der Waals surface area contributed by atoms with Gasteiger partial charge in [-0.3, -0.25) is 9.59 Å². The Morgan fingerprint density at radius 1 is 1.30 bits per heavy atom. The number of hydrogen-bond acceptors (Lipinski definition) is 3. The highest BCUT2D eigenvalue weighted by Crippen LogP contribution is 2.27. The van der Waals surface area contributed by atoms with Crippen molar-refractivity contribution in [2.45, 2.75) is 33.3 Å². The van der Waals surface area contributed by atoms with Gasteiger partial charge in [0.2, 0.25) is 0 Å². The fourth-order valence-electron chi connectivity index (χ4n) is 3.17. The number of Topliss-reactive ketones (excluding diaryl/α,β-unsaturated/α-hetero) is 1. The van der Waals surface area contributed by atoms with Gasteiger partial charge in [-0.05, 0) is 38.0 Å². The highest BCUT2D eigenvalue weighted by Gasteiger charge is 2.24. The maximum Gasteiger partial charge on any atom is 0.268 e. The second-order valence-electron chi connectivity index (χ2n) is 5.94. The molecular weight excluding hydrogens is 292 g/mol. The number of rotatable bonds is 4. The molecule has 0 saturated heterocycles. The van der Waals surface area contributed by atoms with E-state index in [0.29, 0.717) is 23.4 Å². The van der Waals surface area contributed by atoms with Crippen LogP contribution in [0.4, 0.5) is 0 Å². The monoisotopic (exact) mass is 312 g/mol. The first-order valence-electron chi connectivity index (χ1n) is 7.70. The Balaban J connectivity index is 1.65. The number of aromatic nitrogens is 1. The largest absolute Gasteiger partial charge is 0.488 e. The summed E-state index contributed by atoms with van der Waals surface area (Å²) in [5, 5.41) is 2.89. The first-order valence-corrected chi connectivity index (χ1v) is 7.70. The van der Waals surface area contributed by atoms with E-state index < -0.39 is 0 Å². The average molecular weight is 312 g/mol. The standard InChI is InChI=1S/C18H20N2O3/c1-10-16(12(3)21)11(2)20-17(10)18(22)19-9-14-8-13-6-4-5-7-15(13)23-14/h4-7,14,20H,8-9H2,1-3H3,(H,19,22). The number of carbonyl (C=O) groups excluding carboxylic acids is 2. The Morgan fingerprint density at radius 3 is 2.70 bits per heavy atom. The Hall–Kier alpha value is -2.56. The molecule has 1 aliphatic rings. The normalized spacial score (nSPS) is 15.9. The zero-order valence-electron chi connectivity index (χ0n) is 13.5. The summed E-state index contributed by atoms with van der Waals surface area (Å²) in [6.45, 7) is 5.53. The summed E-state index contributed by atoms with van der Waals surface area (Å²) in [4.78, 5) is 27.0. The van der Waals surface area contributed by atoms with Gasteiger partial charge in [-0.15, -0.1) is 0 Å². The number of aryl methyl sites for hydroxylation is 1. The van der Waals surface area contributed by atoms with Crippen molar-refractivity contribution in [1.29, 1.82) is 0 Å². The number of fused-ring (bicyclic) bond motifs is 1. The van der Waals surface area contributed by atoms with E-state index in [1.807, 2.05) is 24.3 Å². The lowest BCUT2D eigenvalue weighted by molar-refractivity contribution is 0.0928. The third-order valence-electron chi connectivity index (χ3n) is 4.22. The van der Waals surface area contributed by atoms with Gasteiger partial charge >= 0.3 is 0 Å². The Bertz CT molecular complexity index is 752. The molecule has 0 spiro atoms. The lowest BCUT2D eigenvalue weighted by atomic mass is 10.1. The molecule has 0 bridgehead atoms. The van der Waals surface area contributed by atoms with E-state index in [9.17, 15) is 9.59 Å². The van der Waals surface area contributed by atoms with Gasteiger partial charge in [-0.25, -0.2) is 0 Å². The maximum atomic E-state index is 12.4. The maximum absolute atomic E-state index is 12.4. The van der Waals surface area contributed by atoms with Crippen molar-refractivity contribution in [3.8, 4) is 5.75 Å². The van der Waals surface area contributed by atoms with Crippen LogP contribution in [-0.4, -0.2) is 29.3 Å². The molecular formula is C18H20N2O3. The molecule has 120 valence electrons. The summed E-state index contributed by atoms with van der Waals surface area (Å²) in [6, 6.07) is 7.90. The predicted molar refractivity (Wildman–Crippen MR) is 87.2 cm³/mol. The molecule has 5 nitrogen and oxygen atoms in total. The number of H-pyrrole nitrogens is 1. The van der Waals surface area contributed by atoms with E-state index in [1.54, 1.807) is 13.8 Å². The summed E-state index contributed by atoms with van der Waals surface area (Å²) in [5.41, 5.74) is 3.63. The van der Waals surface area contributed by atoms with Crippen molar-refractivity contribution >= 4 is 11.7 Å². The number of amides is 1. The summed E-state index contributed by atoms with van der Waals surface area (Å²) in [7, 11) is 0. The number of benzene rings is 1. The van der Waals surface area contributed by atoms with Crippen molar-refractivity contribution in [2.24, 2.45) is 0 Å². The first kappa shape index (κ1) is 15.3. The molecule has 2 aromatic rings. The molecule has 2 heterocycles. The Labute approximate surface area is 135 Å². The quantitative estimate of drug-likeness (QED) is 0.852. The van der Waals surface area contributed by atoms with Crippen molar-refractivity contribution in [1.82, 2.24) is 10.3 Å². The summed E-state index contributed by atoms with van der Waals surface area (Å²) >= 11 is 0. The van der Waals surface area contributed by atoms with Gasteiger partial charge in [0.1, 0.15) is 17.5 Å². The van der Waals surface area contributed by atoms with Crippen LogP contribution in [0, 0.1) is 13.8 Å². The lowest BCUT2D eigenvalue weighted by Crippen LogP contribution is -2.34. The van der Waals surface area contributed by atoms with Gasteiger partial charge in [0.05, 0.1) is 6.54 Å². The summed E-state index contributed by atoms with van der Waals surface area (Å²) in [5.74, 6) is 0.639. The van der Waals surface area contributed by atoms with Gasteiger partial charge < -0.3 is 15.0 Å². The van der Waals surface area contributed by atoms with Gasteiger partial charge in [0.15, 0.2) is 5.78 Å². The fraction of sp³-hybridized carbons (Fsp3) is 0.333. The van der Waals surface area contributed by atoms with Crippen LogP contribution in [0.2, 0.25) is 0 Å². The van der Waals surface area contributed by atoms with Crippen molar-refractivity contribution in [3.63, 3.8) is 0 Å². The molecule has 0 aliphatic carbocycles. The van der Waals surface area contributed by atoms with E-state index in [2.05, 4.69) is 10.3 Å².